The number of aromatic nitrogens is 2. The van der Waals surface area contributed by atoms with Crippen LogP contribution in [0.15, 0.2) is 22.8 Å². The number of nitriles is 1. The van der Waals surface area contributed by atoms with Crippen molar-refractivity contribution in [1.82, 2.24) is 9.78 Å². The average molecular weight is 366 g/mol. The zero-order valence-electron chi connectivity index (χ0n) is 9.54. The summed E-state index contributed by atoms with van der Waals surface area (Å²) in [6.45, 7) is 0. The highest BCUT2D eigenvalue weighted by Gasteiger charge is 2.32. The van der Waals surface area contributed by atoms with Crippen molar-refractivity contribution in [3.8, 4) is 11.8 Å². The highest BCUT2D eigenvalue weighted by Crippen LogP contribution is 2.37. The van der Waals surface area contributed by atoms with E-state index >= 15 is 0 Å². The van der Waals surface area contributed by atoms with Gasteiger partial charge in [0.2, 0.25) is 0 Å². The van der Waals surface area contributed by atoms with Crippen LogP contribution in [0.4, 0.5) is 18.9 Å². The number of hydrogen-bond donors (Lipinski definition) is 1. The predicted octanol–water partition coefficient (Wildman–Crippen LogP) is 3.76. The minimum atomic E-state index is -4.51. The van der Waals surface area contributed by atoms with Gasteiger partial charge in [-0.15, -0.1) is 0 Å². The van der Waals surface area contributed by atoms with Crippen molar-refractivity contribution in [1.29, 1.82) is 5.26 Å². The van der Waals surface area contributed by atoms with Crippen LogP contribution in [0.1, 0.15) is 11.3 Å². The summed E-state index contributed by atoms with van der Waals surface area (Å²) >= 11 is 8.88. The van der Waals surface area contributed by atoms with Crippen molar-refractivity contribution in [3.05, 3.63) is 39.1 Å². The van der Waals surface area contributed by atoms with E-state index in [1.165, 1.54) is 6.20 Å². The van der Waals surface area contributed by atoms with Gasteiger partial charge in [-0.05, 0) is 28.1 Å². The summed E-state index contributed by atoms with van der Waals surface area (Å²) in [7, 11) is 0. The molecular formula is C11H5BrClF3N4. The highest BCUT2D eigenvalue weighted by molar-refractivity contribution is 9.10. The van der Waals surface area contributed by atoms with Crippen molar-refractivity contribution < 1.29 is 13.2 Å². The second kappa shape index (κ2) is 5.00. The van der Waals surface area contributed by atoms with Gasteiger partial charge in [-0.3, -0.25) is 0 Å². The van der Waals surface area contributed by atoms with Crippen molar-refractivity contribution in [2.75, 3.05) is 5.73 Å². The third kappa shape index (κ3) is 2.59. The lowest BCUT2D eigenvalue weighted by Crippen LogP contribution is -2.07. The number of anilines is 1. The van der Waals surface area contributed by atoms with Crippen molar-refractivity contribution in [2.45, 2.75) is 6.18 Å². The fraction of sp³-hybridized carbons (Fsp3) is 0.0909. The molecule has 2 N–H and O–H groups in total. The second-order valence-electron chi connectivity index (χ2n) is 3.78. The molecule has 0 aliphatic heterocycles. The molecular weight excluding hydrogens is 360 g/mol. The largest absolute Gasteiger partial charge is 0.416 e. The minimum absolute atomic E-state index is 0.0344. The molecule has 0 unspecified atom stereocenters. The van der Waals surface area contributed by atoms with Crippen LogP contribution in [0.25, 0.3) is 5.69 Å². The van der Waals surface area contributed by atoms with Gasteiger partial charge in [-0.1, -0.05) is 11.6 Å². The molecule has 4 nitrogen and oxygen atoms in total. The van der Waals surface area contributed by atoms with Crippen LogP contribution in [0, 0.1) is 11.3 Å². The van der Waals surface area contributed by atoms with Crippen LogP contribution in [0.5, 0.6) is 0 Å². The maximum Gasteiger partial charge on any atom is 0.416 e. The summed E-state index contributed by atoms with van der Waals surface area (Å²) in [6, 6.07) is 3.43. The molecule has 0 atom stereocenters. The van der Waals surface area contributed by atoms with Crippen LogP contribution in [-0.2, 0) is 6.18 Å². The summed E-state index contributed by atoms with van der Waals surface area (Å²) in [5.74, 6) is 0. The zero-order valence-corrected chi connectivity index (χ0v) is 11.9. The smallest absolute Gasteiger partial charge is 0.395 e. The summed E-state index contributed by atoms with van der Waals surface area (Å²) in [5.41, 5.74) is 4.90. The Morgan fingerprint density at radius 2 is 2.05 bits per heavy atom. The highest BCUT2D eigenvalue weighted by atomic mass is 79.9. The lowest BCUT2D eigenvalue weighted by Gasteiger charge is -2.12. The molecule has 0 aliphatic rings. The van der Waals surface area contributed by atoms with Crippen LogP contribution in [0.3, 0.4) is 0 Å². The standard InChI is InChI=1S/C11H5BrClF3N4/c12-6-1-5(11(14,15)16)2-7(13)10(6)20-4-8(18)9(3-17)19-20/h1-2,4H,18H2. The molecule has 1 heterocycles. The second-order valence-corrected chi connectivity index (χ2v) is 5.04. The topological polar surface area (TPSA) is 67.6 Å². The zero-order chi connectivity index (χ0) is 15.1. The summed E-state index contributed by atoms with van der Waals surface area (Å²) in [5, 5.41) is 12.4. The molecule has 20 heavy (non-hydrogen) atoms. The Labute approximate surface area is 124 Å². The van der Waals surface area contributed by atoms with Crippen LogP contribution < -0.4 is 5.73 Å². The SMILES string of the molecule is N#Cc1nn(-c2c(Cl)cc(C(F)(F)F)cc2Br)cc1N. The summed E-state index contributed by atoms with van der Waals surface area (Å²) < 4.78 is 39.2. The summed E-state index contributed by atoms with van der Waals surface area (Å²) in [4.78, 5) is 0. The van der Waals surface area contributed by atoms with Gasteiger partial charge < -0.3 is 5.73 Å². The number of nitrogen functional groups attached to an aromatic ring is 1. The predicted molar refractivity (Wildman–Crippen MR) is 70.4 cm³/mol. The Balaban J connectivity index is 2.61. The fourth-order valence-corrected chi connectivity index (χ4v) is 2.60. The molecule has 1 aromatic carbocycles. The Kier molecular flexibility index (Phi) is 3.67. The van der Waals surface area contributed by atoms with Crippen molar-refractivity contribution >= 4 is 33.2 Å². The van der Waals surface area contributed by atoms with E-state index in [1.54, 1.807) is 6.07 Å². The molecule has 0 saturated carbocycles. The summed E-state index contributed by atoms with van der Waals surface area (Å²) in [6.07, 6.45) is -3.20. The van der Waals surface area contributed by atoms with E-state index in [9.17, 15) is 13.2 Å². The lowest BCUT2D eigenvalue weighted by atomic mass is 10.2. The first kappa shape index (κ1) is 14.7. The number of nitrogens with zero attached hydrogens (tertiary/aromatic N) is 3. The monoisotopic (exact) mass is 364 g/mol. The molecule has 0 amide bonds. The molecule has 0 saturated heterocycles. The van der Waals surface area contributed by atoms with Crippen LogP contribution >= 0.6 is 27.5 Å². The Morgan fingerprint density at radius 1 is 1.40 bits per heavy atom. The van der Waals surface area contributed by atoms with Gasteiger partial charge in [0.15, 0.2) is 5.69 Å². The molecule has 0 bridgehead atoms. The van der Waals surface area contributed by atoms with E-state index < -0.39 is 11.7 Å². The third-order valence-corrected chi connectivity index (χ3v) is 3.31. The number of rotatable bonds is 1. The molecule has 2 rings (SSSR count). The van der Waals surface area contributed by atoms with E-state index in [-0.39, 0.29) is 26.6 Å². The Hall–Kier alpha value is -1.72. The lowest BCUT2D eigenvalue weighted by molar-refractivity contribution is -0.137. The van der Waals surface area contributed by atoms with Gasteiger partial charge in [0.1, 0.15) is 6.07 Å². The van der Waals surface area contributed by atoms with E-state index in [1.807, 2.05) is 0 Å². The molecule has 0 fully saturated rings. The van der Waals surface area contributed by atoms with Gasteiger partial charge in [0.25, 0.3) is 0 Å². The molecule has 2 aromatic rings. The molecule has 9 heteroatoms. The van der Waals surface area contributed by atoms with Crippen LogP contribution in [-0.4, -0.2) is 9.78 Å². The van der Waals surface area contributed by atoms with Crippen LogP contribution in [0.2, 0.25) is 5.02 Å². The Morgan fingerprint density at radius 3 is 2.50 bits per heavy atom. The minimum Gasteiger partial charge on any atom is -0.395 e. The van der Waals surface area contributed by atoms with Gasteiger partial charge in [-0.25, -0.2) is 4.68 Å². The first-order valence-corrected chi connectivity index (χ1v) is 6.23. The normalized spacial score (nSPS) is 11.4. The molecule has 0 aliphatic carbocycles. The number of halogens is 5. The first-order valence-electron chi connectivity index (χ1n) is 5.06. The fourth-order valence-electron chi connectivity index (χ4n) is 1.54. The van der Waals surface area contributed by atoms with Crippen molar-refractivity contribution in [2.24, 2.45) is 0 Å². The van der Waals surface area contributed by atoms with Crippen molar-refractivity contribution in [3.63, 3.8) is 0 Å². The Bertz CT molecular complexity index is 694. The number of hydrogen-bond acceptors (Lipinski definition) is 3. The van der Waals surface area contributed by atoms with Gasteiger partial charge in [-0.2, -0.15) is 23.5 Å². The maximum absolute atomic E-state index is 12.6. The average Bonchev–Trinajstić information content (AvgIpc) is 2.68. The van der Waals surface area contributed by atoms with E-state index in [0.717, 1.165) is 16.8 Å². The van der Waals surface area contributed by atoms with E-state index in [4.69, 9.17) is 22.6 Å². The number of alkyl halides is 3. The molecule has 0 spiro atoms. The number of nitrogens with two attached hydrogens (primary N) is 1. The maximum atomic E-state index is 12.6. The van der Waals surface area contributed by atoms with Gasteiger partial charge >= 0.3 is 6.18 Å². The number of benzene rings is 1. The van der Waals surface area contributed by atoms with E-state index in [0.29, 0.717) is 0 Å². The van der Waals surface area contributed by atoms with Gasteiger partial charge in [0, 0.05) is 4.47 Å². The third-order valence-electron chi connectivity index (χ3n) is 2.42. The van der Waals surface area contributed by atoms with E-state index in [2.05, 4.69) is 21.0 Å². The van der Waals surface area contributed by atoms with Gasteiger partial charge in [0.05, 0.1) is 28.2 Å². The first-order chi connectivity index (χ1) is 9.24. The quantitative estimate of drug-likeness (QED) is 0.836. The molecule has 0 radical (unpaired) electrons. The molecule has 104 valence electrons. The molecule has 1 aromatic heterocycles.